The van der Waals surface area contributed by atoms with Crippen LogP contribution in [0.25, 0.3) is 0 Å². The molecule has 0 saturated carbocycles. The van der Waals surface area contributed by atoms with E-state index >= 15 is 0 Å². The van der Waals surface area contributed by atoms with Crippen LogP contribution in [0, 0.1) is 0 Å². The maximum atomic E-state index is 10.0. The number of carbonyl (C=O) groups excluding carboxylic acids is 1. The molecule has 0 aromatic carbocycles. The molecule has 0 bridgehead atoms. The molecule has 0 heterocycles. The third-order valence-corrected chi connectivity index (χ3v) is 0.523. The molecule has 0 unspecified atom stereocenters. The van der Waals surface area contributed by atoms with Crippen LogP contribution in [0.1, 0.15) is 0 Å². The molecule has 0 rings (SSSR count). The Balaban J connectivity index is 2.99. The van der Waals surface area contributed by atoms with E-state index in [-0.39, 0.29) is 12.0 Å². The maximum Gasteiger partial charge on any atom is 0.197 e. The van der Waals surface area contributed by atoms with E-state index in [4.69, 9.17) is 7.85 Å². The van der Waals surface area contributed by atoms with Crippen LogP contribution in [0.15, 0.2) is 0 Å². The predicted molar refractivity (Wildman–Crippen MR) is 27.2 cm³/mol. The van der Waals surface area contributed by atoms with E-state index in [1.807, 2.05) is 0 Å². The fourth-order valence-corrected chi connectivity index (χ4v) is 0.118. The number of carbonyl (C=O) groups is 1. The monoisotopic (exact) mass is 79.1 g/mol. The smallest absolute Gasteiger partial charge is 0.197 e. The van der Waals surface area contributed by atoms with Gasteiger partial charge in [-0.3, -0.25) is 0 Å². The summed E-state index contributed by atoms with van der Waals surface area (Å²) in [6.07, 6.45) is 0.135. The molecule has 0 saturated heterocycles. The highest BCUT2D eigenvalue weighted by Crippen LogP contribution is 1.70. The standard InChI is InChI=1S/C3H5B2O/c1-5-3(6)2-4/h2H2,1H3. The average Bonchev–Trinajstić information content (AvgIpc) is 1.65. The van der Waals surface area contributed by atoms with Crippen molar-refractivity contribution >= 4 is 20.8 Å². The molecule has 0 amide bonds. The first kappa shape index (κ1) is 5.80. The van der Waals surface area contributed by atoms with E-state index in [2.05, 4.69) is 0 Å². The van der Waals surface area contributed by atoms with Gasteiger partial charge in [0.2, 0.25) is 0 Å². The molecule has 0 aromatic heterocycles. The topological polar surface area (TPSA) is 17.1 Å². The van der Waals surface area contributed by atoms with Crippen LogP contribution in [-0.2, 0) is 4.79 Å². The summed E-state index contributed by atoms with van der Waals surface area (Å²) in [7, 11) is 6.36. The van der Waals surface area contributed by atoms with Crippen LogP contribution >= 0.6 is 0 Å². The van der Waals surface area contributed by atoms with Crippen molar-refractivity contribution in [2.75, 3.05) is 0 Å². The number of rotatable bonds is 2. The Kier molecular flexibility index (Phi) is 2.91. The van der Waals surface area contributed by atoms with Crippen molar-refractivity contribution in [3.63, 3.8) is 0 Å². The van der Waals surface area contributed by atoms with Crippen LogP contribution in [0.4, 0.5) is 0 Å². The quantitative estimate of drug-likeness (QED) is 0.420. The summed E-state index contributed by atoms with van der Waals surface area (Å²) in [5, 5.41) is 0. The summed E-state index contributed by atoms with van der Waals surface area (Å²) in [5.74, 6) is 0. The third-order valence-electron chi connectivity index (χ3n) is 0.523. The van der Waals surface area contributed by atoms with Crippen molar-refractivity contribution < 1.29 is 4.79 Å². The molecule has 3 heteroatoms. The Labute approximate surface area is 39.8 Å². The van der Waals surface area contributed by atoms with Crippen LogP contribution in [0.5, 0.6) is 0 Å². The minimum absolute atomic E-state index is 0.00463. The van der Waals surface area contributed by atoms with Crippen molar-refractivity contribution in [3.8, 4) is 0 Å². The SMILES string of the molecule is [B]CC(=O)[B]C. The van der Waals surface area contributed by atoms with Gasteiger partial charge in [0, 0.05) is 0 Å². The zero-order chi connectivity index (χ0) is 4.99. The summed E-state index contributed by atoms with van der Waals surface area (Å²) in [5.41, 5.74) is -0.00463. The highest BCUT2D eigenvalue weighted by molar-refractivity contribution is 6.75. The Morgan fingerprint density at radius 2 is 2.50 bits per heavy atom. The van der Waals surface area contributed by atoms with E-state index in [1.165, 1.54) is 7.28 Å². The lowest BCUT2D eigenvalue weighted by molar-refractivity contribution is -0.110. The van der Waals surface area contributed by atoms with Gasteiger partial charge in [-0.15, -0.1) is 0 Å². The van der Waals surface area contributed by atoms with Gasteiger partial charge in [-0.05, 0) is 6.32 Å². The lowest BCUT2D eigenvalue weighted by Gasteiger charge is -1.79. The number of hydrogen-bond donors (Lipinski definition) is 0. The molecule has 3 radical (unpaired) electrons. The zero-order valence-electron chi connectivity index (χ0n) is 3.77. The van der Waals surface area contributed by atoms with Crippen molar-refractivity contribution in [1.82, 2.24) is 0 Å². The van der Waals surface area contributed by atoms with E-state index in [9.17, 15) is 4.79 Å². The Hall–Kier alpha value is -0.200. The lowest BCUT2D eigenvalue weighted by atomic mass is 9.71. The number of hydrogen-bond acceptors (Lipinski definition) is 1. The van der Waals surface area contributed by atoms with Gasteiger partial charge in [-0.2, -0.15) is 0 Å². The molecule has 0 aromatic rings. The second kappa shape index (κ2) is 3.01. The van der Waals surface area contributed by atoms with Gasteiger partial charge < -0.3 is 4.79 Å². The van der Waals surface area contributed by atoms with Gasteiger partial charge in [0.05, 0.1) is 13.5 Å². The predicted octanol–water partition coefficient (Wildman–Crippen LogP) is -0.148. The third kappa shape index (κ3) is 2.06. The first-order chi connectivity index (χ1) is 2.81. The molecule has 29 valence electrons. The van der Waals surface area contributed by atoms with Crippen molar-refractivity contribution in [2.24, 2.45) is 0 Å². The first-order valence-electron chi connectivity index (χ1n) is 1.83. The fourth-order valence-electron chi connectivity index (χ4n) is 0.118. The van der Waals surface area contributed by atoms with Gasteiger partial charge in [0.25, 0.3) is 0 Å². The first-order valence-corrected chi connectivity index (χ1v) is 1.83. The maximum absolute atomic E-state index is 10.0. The Morgan fingerprint density at radius 3 is 2.50 bits per heavy atom. The average molecular weight is 78.7 g/mol. The highest BCUT2D eigenvalue weighted by atomic mass is 16.1. The Morgan fingerprint density at radius 1 is 2.00 bits per heavy atom. The highest BCUT2D eigenvalue weighted by Gasteiger charge is 1.89. The van der Waals surface area contributed by atoms with E-state index in [0.717, 1.165) is 0 Å². The summed E-state index contributed by atoms with van der Waals surface area (Å²) in [6, 6.07) is 0. The second-order valence-electron chi connectivity index (χ2n) is 0.959. The normalized spacial score (nSPS) is 7.50. The van der Waals surface area contributed by atoms with Crippen LogP contribution in [0.3, 0.4) is 0 Å². The Bertz CT molecular complexity index is 46.8. The molecule has 0 aliphatic carbocycles. The molecule has 1 nitrogen and oxygen atoms in total. The molecule has 0 fully saturated rings. The molecule has 6 heavy (non-hydrogen) atoms. The van der Waals surface area contributed by atoms with E-state index in [1.54, 1.807) is 6.82 Å². The van der Waals surface area contributed by atoms with Crippen LogP contribution < -0.4 is 0 Å². The lowest BCUT2D eigenvalue weighted by Crippen LogP contribution is -2.01. The van der Waals surface area contributed by atoms with Gasteiger partial charge in [-0.25, -0.2) is 0 Å². The van der Waals surface area contributed by atoms with Crippen molar-refractivity contribution in [2.45, 2.75) is 13.1 Å². The minimum Gasteiger partial charge on any atom is -0.313 e. The summed E-state index contributed by atoms with van der Waals surface area (Å²) < 4.78 is 0. The second-order valence-corrected chi connectivity index (χ2v) is 0.959. The molecular weight excluding hydrogens is 73.7 g/mol. The zero-order valence-corrected chi connectivity index (χ0v) is 3.77. The molecular formula is C3H5B2O. The van der Waals surface area contributed by atoms with Gasteiger partial charge in [0.15, 0.2) is 7.28 Å². The van der Waals surface area contributed by atoms with E-state index < -0.39 is 0 Å². The van der Waals surface area contributed by atoms with Gasteiger partial charge in [0.1, 0.15) is 0 Å². The summed E-state index contributed by atoms with van der Waals surface area (Å²) >= 11 is 0. The van der Waals surface area contributed by atoms with Crippen LogP contribution in [0.2, 0.25) is 13.1 Å². The van der Waals surface area contributed by atoms with Crippen molar-refractivity contribution in [3.05, 3.63) is 0 Å². The van der Waals surface area contributed by atoms with Crippen LogP contribution in [-0.4, -0.2) is 20.8 Å². The van der Waals surface area contributed by atoms with E-state index in [0.29, 0.717) is 0 Å². The molecule has 0 aliphatic heterocycles. The molecule has 0 aliphatic rings. The van der Waals surface area contributed by atoms with Crippen molar-refractivity contribution in [1.29, 1.82) is 0 Å². The summed E-state index contributed by atoms with van der Waals surface area (Å²) in [6.45, 7) is 1.68. The van der Waals surface area contributed by atoms with Gasteiger partial charge in [-0.1, -0.05) is 6.82 Å². The molecule has 0 spiro atoms. The molecule has 0 atom stereocenters. The minimum atomic E-state index is -0.00463. The fraction of sp³-hybridized carbons (Fsp3) is 0.667. The van der Waals surface area contributed by atoms with Gasteiger partial charge >= 0.3 is 0 Å². The largest absolute Gasteiger partial charge is 0.313 e. The summed E-state index contributed by atoms with van der Waals surface area (Å²) in [4.78, 5) is 10.0. The molecule has 0 N–H and O–H groups in total.